The van der Waals surface area contributed by atoms with E-state index >= 15 is 0 Å². The van der Waals surface area contributed by atoms with Gasteiger partial charge in [-0.2, -0.15) is 4.57 Å². The van der Waals surface area contributed by atoms with Gasteiger partial charge in [0.25, 0.3) is 5.91 Å². The number of aromatic hydroxyl groups is 1. The van der Waals surface area contributed by atoms with Gasteiger partial charge in [-0.3, -0.25) is 4.79 Å². The zero-order chi connectivity index (χ0) is 14.3. The number of unbranched alkanes of at least 4 members (excludes halogenated alkanes) is 1. The molecule has 0 fully saturated rings. The highest BCUT2D eigenvalue weighted by atomic mass is 16.5. The van der Waals surface area contributed by atoms with Crippen LogP contribution in [0.25, 0.3) is 0 Å². The van der Waals surface area contributed by atoms with E-state index in [1.54, 1.807) is 12.3 Å². The topological polar surface area (TPSA) is 62.4 Å². The quantitative estimate of drug-likeness (QED) is 0.578. The SMILES string of the molecule is CCCCNC(=O)COc1c(O)cc[n+](CC)c1C. The van der Waals surface area contributed by atoms with Crippen molar-refractivity contribution in [1.29, 1.82) is 0 Å². The number of carbonyl (C=O) groups is 1. The Morgan fingerprint density at radius 3 is 2.84 bits per heavy atom. The molecule has 1 rings (SSSR count). The summed E-state index contributed by atoms with van der Waals surface area (Å²) in [6, 6.07) is 1.57. The molecular formula is C14H23N2O3+. The van der Waals surface area contributed by atoms with Gasteiger partial charge in [0, 0.05) is 19.5 Å². The second-order valence-electron chi connectivity index (χ2n) is 4.39. The largest absolute Gasteiger partial charge is 0.504 e. The first-order chi connectivity index (χ1) is 9.10. The fourth-order valence-corrected chi connectivity index (χ4v) is 1.78. The van der Waals surface area contributed by atoms with Crippen LogP contribution in [0.4, 0.5) is 0 Å². The molecule has 5 nitrogen and oxygen atoms in total. The maximum atomic E-state index is 11.5. The van der Waals surface area contributed by atoms with Gasteiger partial charge in [0.15, 0.2) is 18.6 Å². The molecule has 0 atom stereocenters. The monoisotopic (exact) mass is 267 g/mol. The van der Waals surface area contributed by atoms with Crippen LogP contribution < -0.4 is 14.6 Å². The first-order valence-electron chi connectivity index (χ1n) is 6.71. The van der Waals surface area contributed by atoms with Crippen molar-refractivity contribution >= 4 is 5.91 Å². The number of hydrogen-bond acceptors (Lipinski definition) is 3. The summed E-state index contributed by atoms with van der Waals surface area (Å²) in [6.45, 7) is 7.29. The number of ether oxygens (including phenoxy) is 1. The lowest BCUT2D eigenvalue weighted by Gasteiger charge is -2.10. The molecule has 0 aromatic carbocycles. The van der Waals surface area contributed by atoms with Gasteiger partial charge in [0.2, 0.25) is 11.4 Å². The number of aryl methyl sites for hydroxylation is 1. The molecule has 0 radical (unpaired) electrons. The van der Waals surface area contributed by atoms with E-state index in [0.29, 0.717) is 12.3 Å². The van der Waals surface area contributed by atoms with Crippen molar-refractivity contribution in [3.8, 4) is 11.5 Å². The van der Waals surface area contributed by atoms with Gasteiger partial charge in [-0.15, -0.1) is 0 Å². The Morgan fingerprint density at radius 2 is 2.21 bits per heavy atom. The van der Waals surface area contributed by atoms with Crippen LogP contribution in [-0.2, 0) is 11.3 Å². The Bertz CT molecular complexity index is 433. The van der Waals surface area contributed by atoms with Gasteiger partial charge in [-0.05, 0) is 13.3 Å². The number of rotatable bonds is 7. The first kappa shape index (κ1) is 15.3. The average Bonchev–Trinajstić information content (AvgIpc) is 2.39. The highest BCUT2D eigenvalue weighted by molar-refractivity contribution is 5.77. The highest BCUT2D eigenvalue weighted by Crippen LogP contribution is 2.26. The second-order valence-corrected chi connectivity index (χ2v) is 4.39. The minimum atomic E-state index is -0.167. The van der Waals surface area contributed by atoms with Crippen LogP contribution >= 0.6 is 0 Å². The number of carbonyl (C=O) groups excluding carboxylic acids is 1. The van der Waals surface area contributed by atoms with Crippen LogP contribution in [0.5, 0.6) is 11.5 Å². The molecule has 1 aromatic heterocycles. The second kappa shape index (κ2) is 7.61. The average molecular weight is 267 g/mol. The number of nitrogens with one attached hydrogen (secondary N) is 1. The predicted molar refractivity (Wildman–Crippen MR) is 72.1 cm³/mol. The molecule has 0 saturated heterocycles. The Kier molecular flexibility index (Phi) is 6.12. The molecule has 1 heterocycles. The van der Waals surface area contributed by atoms with Crippen molar-refractivity contribution in [2.24, 2.45) is 0 Å². The Labute approximate surface area is 114 Å². The predicted octanol–water partition coefficient (Wildman–Crippen LogP) is 1.30. The lowest BCUT2D eigenvalue weighted by Crippen LogP contribution is -2.36. The zero-order valence-corrected chi connectivity index (χ0v) is 11.9. The van der Waals surface area contributed by atoms with Gasteiger partial charge in [0.1, 0.15) is 6.54 Å². The molecule has 2 N–H and O–H groups in total. The zero-order valence-electron chi connectivity index (χ0n) is 11.9. The summed E-state index contributed by atoms with van der Waals surface area (Å²) in [6.07, 6.45) is 3.78. The minimum Gasteiger partial charge on any atom is -0.504 e. The molecule has 1 aromatic rings. The van der Waals surface area contributed by atoms with Gasteiger partial charge in [-0.1, -0.05) is 13.3 Å². The Morgan fingerprint density at radius 1 is 1.47 bits per heavy atom. The molecule has 0 bridgehead atoms. The van der Waals surface area contributed by atoms with Crippen LogP contribution in [0.2, 0.25) is 0 Å². The van der Waals surface area contributed by atoms with Gasteiger partial charge in [-0.25, -0.2) is 0 Å². The summed E-state index contributed by atoms with van der Waals surface area (Å²) in [7, 11) is 0. The standard InChI is InChI=1S/C14H22N2O3/c1-4-6-8-15-13(18)10-19-14-11(3)16(5-2)9-7-12(14)17/h7,9H,4-6,8,10H2,1-3H3,(H,15,18)/p+1. The highest BCUT2D eigenvalue weighted by Gasteiger charge is 2.17. The maximum Gasteiger partial charge on any atom is 0.257 e. The van der Waals surface area contributed by atoms with Crippen LogP contribution in [0.15, 0.2) is 12.3 Å². The summed E-state index contributed by atoms with van der Waals surface area (Å²) in [5.41, 5.74) is 0.809. The van der Waals surface area contributed by atoms with Crippen molar-refractivity contribution in [2.45, 2.75) is 40.2 Å². The van der Waals surface area contributed by atoms with E-state index in [2.05, 4.69) is 12.2 Å². The maximum absolute atomic E-state index is 11.5. The normalized spacial score (nSPS) is 10.3. The molecule has 0 unspecified atom stereocenters. The third kappa shape index (κ3) is 4.43. The van der Waals surface area contributed by atoms with E-state index in [1.165, 1.54) is 0 Å². The van der Waals surface area contributed by atoms with Gasteiger partial charge < -0.3 is 15.2 Å². The molecular weight excluding hydrogens is 244 g/mol. The molecule has 0 spiro atoms. The third-order valence-corrected chi connectivity index (χ3v) is 2.95. The third-order valence-electron chi connectivity index (χ3n) is 2.95. The minimum absolute atomic E-state index is 0.0589. The summed E-state index contributed by atoms with van der Waals surface area (Å²) in [5, 5.41) is 12.5. The smallest absolute Gasteiger partial charge is 0.257 e. The van der Waals surface area contributed by atoms with Crippen LogP contribution in [0.1, 0.15) is 32.4 Å². The van der Waals surface area contributed by atoms with Crippen LogP contribution in [0.3, 0.4) is 0 Å². The van der Waals surface area contributed by atoms with E-state index < -0.39 is 0 Å². The van der Waals surface area contributed by atoms with E-state index in [4.69, 9.17) is 4.74 Å². The summed E-state index contributed by atoms with van der Waals surface area (Å²) in [5.74, 6) is 0.262. The van der Waals surface area contributed by atoms with Crippen molar-refractivity contribution in [3.63, 3.8) is 0 Å². The molecule has 0 aliphatic rings. The van der Waals surface area contributed by atoms with Crippen LogP contribution in [0, 0.1) is 6.92 Å². The lowest BCUT2D eigenvalue weighted by atomic mass is 10.3. The molecule has 0 aliphatic carbocycles. The van der Waals surface area contributed by atoms with Crippen molar-refractivity contribution in [3.05, 3.63) is 18.0 Å². The van der Waals surface area contributed by atoms with Gasteiger partial charge in [0.05, 0.1) is 0 Å². The fraction of sp³-hybridized carbons (Fsp3) is 0.571. The number of pyridine rings is 1. The molecule has 5 heteroatoms. The molecule has 0 saturated carbocycles. The van der Waals surface area contributed by atoms with Crippen LogP contribution in [-0.4, -0.2) is 24.2 Å². The number of aromatic nitrogens is 1. The Balaban J connectivity index is 2.60. The number of amides is 1. The van der Waals surface area contributed by atoms with Gasteiger partial charge >= 0.3 is 0 Å². The Hall–Kier alpha value is -1.78. The summed E-state index contributed by atoms with van der Waals surface area (Å²) in [4.78, 5) is 11.5. The number of nitrogens with zero attached hydrogens (tertiary/aromatic N) is 1. The summed E-state index contributed by atoms with van der Waals surface area (Å²) < 4.78 is 7.37. The van der Waals surface area contributed by atoms with Crippen molar-refractivity contribution in [2.75, 3.05) is 13.2 Å². The van der Waals surface area contributed by atoms with Crippen molar-refractivity contribution in [1.82, 2.24) is 5.32 Å². The van der Waals surface area contributed by atoms with Crippen molar-refractivity contribution < 1.29 is 19.2 Å². The fourth-order valence-electron chi connectivity index (χ4n) is 1.78. The van der Waals surface area contributed by atoms with E-state index in [0.717, 1.165) is 25.1 Å². The first-order valence-corrected chi connectivity index (χ1v) is 6.71. The molecule has 106 valence electrons. The molecule has 0 aliphatic heterocycles. The molecule has 1 amide bonds. The lowest BCUT2D eigenvalue weighted by molar-refractivity contribution is -0.699. The summed E-state index contributed by atoms with van der Waals surface area (Å²) >= 11 is 0. The van der Waals surface area contributed by atoms with E-state index in [9.17, 15) is 9.90 Å². The van der Waals surface area contributed by atoms with E-state index in [1.807, 2.05) is 18.4 Å². The number of hydrogen-bond donors (Lipinski definition) is 2. The van der Waals surface area contributed by atoms with E-state index in [-0.39, 0.29) is 18.3 Å². The molecule has 19 heavy (non-hydrogen) atoms.